The molecule has 0 unspecified atom stereocenters. The van der Waals surface area contributed by atoms with Gasteiger partial charge in [0.05, 0.1) is 5.56 Å². The predicted octanol–water partition coefficient (Wildman–Crippen LogP) is 4.67. The largest absolute Gasteiger partial charge is 0.298 e. The molecule has 1 heterocycles. The van der Waals surface area contributed by atoms with Crippen LogP contribution in [0.1, 0.15) is 10.4 Å². The number of hydrogen-bond acceptors (Lipinski definition) is 2. The molecule has 0 aliphatic rings. The molecule has 2 aromatic carbocycles. The molecule has 0 aliphatic carbocycles. The average Bonchev–Trinajstić information content (AvgIpc) is 2.88. The van der Waals surface area contributed by atoms with Crippen LogP contribution in [0.3, 0.4) is 0 Å². The van der Waals surface area contributed by atoms with Crippen molar-refractivity contribution in [2.45, 2.75) is 0 Å². The summed E-state index contributed by atoms with van der Waals surface area (Å²) >= 11 is 3.06. The Morgan fingerprint density at radius 2 is 1.58 bits per heavy atom. The van der Waals surface area contributed by atoms with E-state index in [1.54, 1.807) is 0 Å². The molecule has 0 saturated heterocycles. The maximum atomic E-state index is 14.0. The monoisotopic (exact) mass is 398 g/mol. The van der Waals surface area contributed by atoms with E-state index >= 15 is 0 Å². The second-order valence-corrected chi connectivity index (χ2v) is 5.55. The Labute approximate surface area is 141 Å². The molecule has 8 heteroatoms. The summed E-state index contributed by atoms with van der Waals surface area (Å²) < 4.78 is 55.6. The van der Waals surface area contributed by atoms with Crippen molar-refractivity contribution >= 4 is 22.2 Å². The molecule has 1 aromatic heterocycles. The van der Waals surface area contributed by atoms with E-state index in [0.29, 0.717) is 6.29 Å². The molecule has 0 bridgehead atoms. The molecule has 0 saturated carbocycles. The fourth-order valence-electron chi connectivity index (χ4n) is 2.20. The Morgan fingerprint density at radius 3 is 2.25 bits per heavy atom. The van der Waals surface area contributed by atoms with E-state index in [1.807, 2.05) is 0 Å². The third-order valence-corrected chi connectivity index (χ3v) is 4.06. The van der Waals surface area contributed by atoms with Gasteiger partial charge in [-0.3, -0.25) is 4.79 Å². The van der Waals surface area contributed by atoms with Gasteiger partial charge in [0, 0.05) is 11.6 Å². The zero-order valence-electron chi connectivity index (χ0n) is 11.7. The number of rotatable bonds is 3. The lowest BCUT2D eigenvalue weighted by Crippen LogP contribution is -2.01. The van der Waals surface area contributed by atoms with Crippen molar-refractivity contribution in [3.63, 3.8) is 0 Å². The van der Waals surface area contributed by atoms with Crippen molar-refractivity contribution in [1.82, 2.24) is 9.78 Å². The minimum atomic E-state index is -0.809. The van der Waals surface area contributed by atoms with E-state index in [-0.39, 0.29) is 27.1 Å². The molecule has 122 valence electrons. The highest BCUT2D eigenvalue weighted by atomic mass is 79.9. The molecule has 3 rings (SSSR count). The summed E-state index contributed by atoms with van der Waals surface area (Å²) in [6.07, 6.45) is 0.366. The van der Waals surface area contributed by atoms with Crippen LogP contribution in [-0.4, -0.2) is 16.1 Å². The van der Waals surface area contributed by atoms with Crippen molar-refractivity contribution < 1.29 is 22.4 Å². The summed E-state index contributed by atoms with van der Waals surface area (Å²) in [6, 6.07) is 5.34. The van der Waals surface area contributed by atoms with Crippen molar-refractivity contribution in [3.05, 3.63) is 69.8 Å². The molecule has 0 N–H and O–H groups in total. The molecule has 0 fully saturated rings. The maximum absolute atomic E-state index is 14.0. The van der Waals surface area contributed by atoms with Gasteiger partial charge >= 0.3 is 0 Å². The van der Waals surface area contributed by atoms with Gasteiger partial charge in [-0.15, -0.1) is 0 Å². The van der Waals surface area contributed by atoms with Gasteiger partial charge in [0.25, 0.3) is 0 Å². The van der Waals surface area contributed by atoms with Crippen molar-refractivity contribution in [2.75, 3.05) is 0 Å². The first-order valence-electron chi connectivity index (χ1n) is 6.57. The number of nitrogens with zero attached hydrogens (tertiary/aromatic N) is 2. The van der Waals surface area contributed by atoms with E-state index in [0.717, 1.165) is 41.1 Å². The van der Waals surface area contributed by atoms with Crippen molar-refractivity contribution in [2.24, 2.45) is 0 Å². The van der Waals surface area contributed by atoms with Crippen LogP contribution in [0, 0.1) is 23.3 Å². The Bertz CT molecular complexity index is 955. The maximum Gasteiger partial charge on any atom is 0.155 e. The average molecular weight is 399 g/mol. The summed E-state index contributed by atoms with van der Waals surface area (Å²) in [5.41, 5.74) is -0.873. The summed E-state index contributed by atoms with van der Waals surface area (Å²) in [6.45, 7) is 0. The van der Waals surface area contributed by atoms with Crippen LogP contribution in [0.5, 0.6) is 0 Å². The lowest BCUT2D eigenvalue weighted by atomic mass is 10.1. The first-order chi connectivity index (χ1) is 11.4. The number of hydrogen-bond donors (Lipinski definition) is 0. The Kier molecular flexibility index (Phi) is 4.23. The fraction of sp³-hybridized carbons (Fsp3) is 0. The number of halogens is 5. The number of benzene rings is 2. The van der Waals surface area contributed by atoms with Crippen LogP contribution in [0.15, 0.2) is 41.0 Å². The molecule has 3 nitrogen and oxygen atoms in total. The lowest BCUT2D eigenvalue weighted by Gasteiger charge is -2.05. The van der Waals surface area contributed by atoms with Crippen molar-refractivity contribution in [1.29, 1.82) is 0 Å². The van der Waals surface area contributed by atoms with Gasteiger partial charge < -0.3 is 0 Å². The molecule has 0 radical (unpaired) electrons. The zero-order chi connectivity index (χ0) is 17.4. The predicted molar refractivity (Wildman–Crippen MR) is 81.9 cm³/mol. The van der Waals surface area contributed by atoms with Crippen molar-refractivity contribution in [3.8, 4) is 16.9 Å². The molecule has 0 atom stereocenters. The normalized spacial score (nSPS) is 10.9. The number of carbonyl (C=O) groups excluding carboxylic acids is 1. The Hall–Kier alpha value is -2.48. The van der Waals surface area contributed by atoms with Crippen LogP contribution < -0.4 is 0 Å². The quantitative estimate of drug-likeness (QED) is 0.474. The smallest absolute Gasteiger partial charge is 0.155 e. The number of carbonyl (C=O) groups is 1. The molecule has 0 spiro atoms. The highest BCUT2D eigenvalue weighted by molar-refractivity contribution is 9.10. The summed E-state index contributed by atoms with van der Waals surface area (Å²) in [5, 5.41) is 3.95. The topological polar surface area (TPSA) is 34.9 Å². The summed E-state index contributed by atoms with van der Waals surface area (Å²) in [4.78, 5) is 11.3. The first kappa shape index (κ1) is 16.4. The molecule has 0 aliphatic heterocycles. The third kappa shape index (κ3) is 2.73. The minimum absolute atomic E-state index is 0.0133. The zero-order valence-corrected chi connectivity index (χ0v) is 13.3. The van der Waals surface area contributed by atoms with Crippen LogP contribution in [-0.2, 0) is 0 Å². The van der Waals surface area contributed by atoms with Gasteiger partial charge in [-0.05, 0) is 46.3 Å². The van der Waals surface area contributed by atoms with E-state index < -0.39 is 23.3 Å². The standard InChI is InChI=1S/C16H7BrF4N2O/c17-16-11(7-24)15(10-5-8(18)1-3-12(10)20)22-23(16)14-6-9(19)2-4-13(14)21/h1-7H. The highest BCUT2D eigenvalue weighted by Crippen LogP contribution is 2.32. The number of aldehydes is 1. The highest BCUT2D eigenvalue weighted by Gasteiger charge is 2.22. The number of aromatic nitrogens is 2. The Morgan fingerprint density at radius 1 is 0.958 bits per heavy atom. The summed E-state index contributed by atoms with van der Waals surface area (Å²) in [5.74, 6) is -3.06. The van der Waals surface area contributed by atoms with Gasteiger partial charge in [0.15, 0.2) is 6.29 Å². The van der Waals surface area contributed by atoms with Gasteiger partial charge in [0.2, 0.25) is 0 Å². The molecule has 3 aromatic rings. The SMILES string of the molecule is O=Cc1c(-c2cc(F)ccc2F)nn(-c2cc(F)ccc2F)c1Br. The van der Waals surface area contributed by atoms with Gasteiger partial charge in [-0.25, -0.2) is 22.2 Å². The first-order valence-corrected chi connectivity index (χ1v) is 7.36. The second kappa shape index (κ2) is 6.20. The molecular weight excluding hydrogens is 392 g/mol. The van der Waals surface area contributed by atoms with Crippen LogP contribution in [0.25, 0.3) is 16.9 Å². The van der Waals surface area contributed by atoms with E-state index in [1.165, 1.54) is 0 Å². The Balaban J connectivity index is 2.29. The molecule has 0 amide bonds. The van der Waals surface area contributed by atoms with E-state index in [9.17, 15) is 22.4 Å². The van der Waals surface area contributed by atoms with E-state index in [4.69, 9.17) is 0 Å². The van der Waals surface area contributed by atoms with Gasteiger partial charge in [-0.1, -0.05) is 0 Å². The van der Waals surface area contributed by atoms with E-state index in [2.05, 4.69) is 21.0 Å². The fourth-order valence-corrected chi connectivity index (χ4v) is 2.75. The summed E-state index contributed by atoms with van der Waals surface area (Å²) in [7, 11) is 0. The minimum Gasteiger partial charge on any atom is -0.298 e. The van der Waals surface area contributed by atoms with Crippen LogP contribution in [0.2, 0.25) is 0 Å². The molecule has 24 heavy (non-hydrogen) atoms. The van der Waals surface area contributed by atoms with Crippen LogP contribution >= 0.6 is 15.9 Å². The molecular formula is C16H7BrF4N2O. The second-order valence-electron chi connectivity index (χ2n) is 4.80. The van der Waals surface area contributed by atoms with Gasteiger partial charge in [0.1, 0.15) is 39.3 Å². The van der Waals surface area contributed by atoms with Crippen LogP contribution in [0.4, 0.5) is 17.6 Å². The third-order valence-electron chi connectivity index (χ3n) is 3.30. The van der Waals surface area contributed by atoms with Gasteiger partial charge in [-0.2, -0.15) is 5.10 Å². The lowest BCUT2D eigenvalue weighted by molar-refractivity contribution is 0.112.